The topological polar surface area (TPSA) is 122 Å². The fourth-order valence-electron chi connectivity index (χ4n) is 2.51. The van der Waals surface area contributed by atoms with Crippen LogP contribution >= 0.6 is 12.2 Å². The second-order valence-electron chi connectivity index (χ2n) is 5.42. The van der Waals surface area contributed by atoms with Gasteiger partial charge in [-0.05, 0) is 30.4 Å². The van der Waals surface area contributed by atoms with Crippen LogP contribution in [0.5, 0.6) is 5.88 Å². The van der Waals surface area contributed by atoms with Crippen LogP contribution in [0.3, 0.4) is 0 Å². The highest BCUT2D eigenvalue weighted by Crippen LogP contribution is 2.37. The molecule has 3 aromatic rings. The van der Waals surface area contributed by atoms with Crippen LogP contribution in [0.4, 0.5) is 11.4 Å². The van der Waals surface area contributed by atoms with Crippen molar-refractivity contribution in [3.05, 3.63) is 48.5 Å². The Morgan fingerprint density at radius 3 is 2.58 bits per heavy atom. The van der Waals surface area contributed by atoms with Crippen LogP contribution in [0.25, 0.3) is 10.9 Å². The minimum atomic E-state index is -3.92. The Hall–Kier alpha value is -2.82. The van der Waals surface area contributed by atoms with Gasteiger partial charge in [0.2, 0.25) is 21.0 Å². The first-order valence-corrected chi connectivity index (χ1v) is 9.35. The van der Waals surface area contributed by atoms with Gasteiger partial charge in [-0.1, -0.05) is 30.3 Å². The highest BCUT2D eigenvalue weighted by atomic mass is 32.2. The van der Waals surface area contributed by atoms with Crippen molar-refractivity contribution in [3.63, 3.8) is 0 Å². The van der Waals surface area contributed by atoms with Gasteiger partial charge in [-0.3, -0.25) is 0 Å². The second-order valence-corrected chi connectivity index (χ2v) is 7.34. The molecule has 0 fully saturated rings. The summed E-state index contributed by atoms with van der Waals surface area (Å²) in [5.74, 6) is -0.0531. The third-order valence-electron chi connectivity index (χ3n) is 3.73. The summed E-state index contributed by atoms with van der Waals surface area (Å²) in [4.78, 5) is -0.106. The van der Waals surface area contributed by atoms with Crippen LogP contribution in [0.1, 0.15) is 0 Å². The number of aryl methyl sites for hydroxylation is 1. The lowest BCUT2D eigenvalue weighted by Gasteiger charge is -2.08. The standard InChI is InChI=1S/C16H15N5O3S2/c1-21-12-8-4-2-6-10(12)14(15(21)22)19-20-16(25)18-11-7-3-5-9-13(11)26(17,23)24/h2-9,22H,1H3,(H,18,25)(H2,17,23,24). The Balaban J connectivity index is 1.90. The molecule has 10 heteroatoms. The van der Waals surface area contributed by atoms with Crippen molar-refractivity contribution in [2.75, 3.05) is 5.32 Å². The average molecular weight is 389 g/mol. The fourth-order valence-corrected chi connectivity index (χ4v) is 3.36. The van der Waals surface area contributed by atoms with Crippen LogP contribution in [0.15, 0.2) is 63.7 Å². The molecular weight excluding hydrogens is 374 g/mol. The summed E-state index contributed by atoms with van der Waals surface area (Å²) in [5.41, 5.74) is 1.26. The number of rotatable bonds is 3. The van der Waals surface area contributed by atoms with Crippen LogP contribution in [0, 0.1) is 0 Å². The highest BCUT2D eigenvalue weighted by Gasteiger charge is 2.15. The Bertz CT molecular complexity index is 1140. The number of azo groups is 1. The van der Waals surface area contributed by atoms with Gasteiger partial charge in [0.1, 0.15) is 4.90 Å². The minimum Gasteiger partial charge on any atom is -0.493 e. The molecule has 26 heavy (non-hydrogen) atoms. The lowest BCUT2D eigenvalue weighted by molar-refractivity contribution is 0.436. The first-order valence-electron chi connectivity index (χ1n) is 7.40. The Labute approximate surface area is 155 Å². The number of hydrogen-bond donors (Lipinski definition) is 3. The molecule has 0 aliphatic rings. The number of aromatic nitrogens is 1. The lowest BCUT2D eigenvalue weighted by atomic mass is 10.2. The number of anilines is 1. The summed E-state index contributed by atoms with van der Waals surface area (Å²) in [6, 6.07) is 13.4. The van der Waals surface area contributed by atoms with E-state index in [2.05, 4.69) is 15.5 Å². The Kier molecular flexibility index (Phi) is 4.72. The number of fused-ring (bicyclic) bond motifs is 1. The zero-order valence-corrected chi connectivity index (χ0v) is 15.3. The van der Waals surface area contributed by atoms with Crippen molar-refractivity contribution >= 4 is 49.6 Å². The monoisotopic (exact) mass is 389 g/mol. The molecular formula is C16H15N5O3S2. The predicted octanol–water partition coefficient (Wildman–Crippen LogP) is 3.01. The maximum absolute atomic E-state index is 11.6. The van der Waals surface area contributed by atoms with E-state index in [1.807, 2.05) is 18.2 Å². The van der Waals surface area contributed by atoms with Gasteiger partial charge in [0, 0.05) is 12.4 Å². The van der Waals surface area contributed by atoms with Gasteiger partial charge >= 0.3 is 0 Å². The van der Waals surface area contributed by atoms with Crippen molar-refractivity contribution < 1.29 is 13.5 Å². The van der Waals surface area contributed by atoms with E-state index >= 15 is 0 Å². The van der Waals surface area contributed by atoms with Crippen molar-refractivity contribution in [1.29, 1.82) is 0 Å². The maximum atomic E-state index is 11.6. The van der Waals surface area contributed by atoms with Crippen molar-refractivity contribution in [2.45, 2.75) is 4.90 Å². The zero-order chi connectivity index (χ0) is 18.9. The first-order chi connectivity index (χ1) is 12.3. The molecule has 0 amide bonds. The molecule has 0 spiro atoms. The number of nitrogens with one attached hydrogen (secondary N) is 1. The number of para-hydroxylation sites is 2. The predicted molar refractivity (Wildman–Crippen MR) is 103 cm³/mol. The largest absolute Gasteiger partial charge is 0.493 e. The molecule has 0 bridgehead atoms. The van der Waals surface area contributed by atoms with E-state index in [4.69, 9.17) is 17.4 Å². The molecule has 0 atom stereocenters. The fraction of sp³-hybridized carbons (Fsp3) is 0.0625. The number of hydrogen-bond acceptors (Lipinski definition) is 5. The molecule has 3 rings (SSSR count). The molecule has 8 nitrogen and oxygen atoms in total. The Morgan fingerprint density at radius 1 is 1.19 bits per heavy atom. The summed E-state index contributed by atoms with van der Waals surface area (Å²) in [6.45, 7) is 0. The maximum Gasteiger partial charge on any atom is 0.240 e. The van der Waals surface area contributed by atoms with E-state index in [-0.39, 0.29) is 27.3 Å². The van der Waals surface area contributed by atoms with E-state index in [0.29, 0.717) is 5.39 Å². The summed E-state index contributed by atoms with van der Waals surface area (Å²) >= 11 is 5.09. The van der Waals surface area contributed by atoms with Crippen molar-refractivity contribution in [3.8, 4) is 5.88 Å². The molecule has 0 aliphatic heterocycles. The highest BCUT2D eigenvalue weighted by molar-refractivity contribution is 7.89. The summed E-state index contributed by atoms with van der Waals surface area (Å²) in [5, 5.41) is 26.6. The molecule has 2 aromatic carbocycles. The molecule has 0 aliphatic carbocycles. The van der Waals surface area contributed by atoms with E-state index in [1.54, 1.807) is 29.8 Å². The molecule has 134 valence electrons. The number of aromatic hydroxyl groups is 1. The zero-order valence-electron chi connectivity index (χ0n) is 13.6. The van der Waals surface area contributed by atoms with E-state index in [0.717, 1.165) is 5.52 Å². The van der Waals surface area contributed by atoms with Gasteiger partial charge in [-0.2, -0.15) is 0 Å². The lowest BCUT2D eigenvalue weighted by Crippen LogP contribution is -2.16. The smallest absolute Gasteiger partial charge is 0.240 e. The quantitative estimate of drug-likeness (QED) is 0.469. The van der Waals surface area contributed by atoms with Crippen LogP contribution in [0.2, 0.25) is 0 Å². The molecule has 1 aromatic heterocycles. The molecule has 0 saturated carbocycles. The van der Waals surface area contributed by atoms with Crippen LogP contribution in [-0.4, -0.2) is 23.2 Å². The van der Waals surface area contributed by atoms with Gasteiger partial charge < -0.3 is 15.0 Å². The number of thiocarbonyl (C=S) groups is 1. The second kappa shape index (κ2) is 6.83. The van der Waals surface area contributed by atoms with E-state index < -0.39 is 10.0 Å². The van der Waals surface area contributed by atoms with E-state index in [1.165, 1.54) is 12.1 Å². The van der Waals surface area contributed by atoms with Crippen LogP contribution < -0.4 is 10.5 Å². The molecule has 0 unspecified atom stereocenters. The minimum absolute atomic E-state index is 0.0531. The molecule has 1 heterocycles. The van der Waals surface area contributed by atoms with Gasteiger partial charge in [0.25, 0.3) is 0 Å². The molecule has 0 saturated heterocycles. The number of nitrogens with zero attached hydrogens (tertiary/aromatic N) is 3. The van der Waals surface area contributed by atoms with Crippen LogP contribution in [-0.2, 0) is 17.1 Å². The van der Waals surface area contributed by atoms with Crippen molar-refractivity contribution in [2.24, 2.45) is 22.4 Å². The van der Waals surface area contributed by atoms with Gasteiger partial charge in [-0.15, -0.1) is 10.2 Å². The molecule has 0 radical (unpaired) electrons. The summed E-state index contributed by atoms with van der Waals surface area (Å²) < 4.78 is 24.8. The number of primary sulfonamides is 1. The first kappa shape index (κ1) is 18.0. The number of benzene rings is 2. The summed E-state index contributed by atoms with van der Waals surface area (Å²) in [7, 11) is -2.21. The number of nitrogens with two attached hydrogens (primary N) is 1. The average Bonchev–Trinajstić information content (AvgIpc) is 2.84. The van der Waals surface area contributed by atoms with Crippen molar-refractivity contribution in [1.82, 2.24) is 4.57 Å². The third kappa shape index (κ3) is 3.43. The normalized spacial score (nSPS) is 11.9. The van der Waals surface area contributed by atoms with Gasteiger partial charge in [-0.25, -0.2) is 13.6 Å². The number of sulfonamides is 1. The SMILES string of the molecule is Cn1c(O)c(N=NC(=S)Nc2ccccc2S(N)(=O)=O)c2ccccc21. The molecule has 4 N–H and O–H groups in total. The van der Waals surface area contributed by atoms with Gasteiger partial charge in [0.15, 0.2) is 5.69 Å². The van der Waals surface area contributed by atoms with E-state index in [9.17, 15) is 13.5 Å². The Morgan fingerprint density at radius 2 is 1.85 bits per heavy atom. The third-order valence-corrected chi connectivity index (χ3v) is 4.88. The summed E-state index contributed by atoms with van der Waals surface area (Å²) in [6.07, 6.45) is 0. The van der Waals surface area contributed by atoms with Gasteiger partial charge in [0.05, 0.1) is 11.2 Å².